The van der Waals surface area contributed by atoms with E-state index in [1.54, 1.807) is 6.61 Å². The van der Waals surface area contributed by atoms with Gasteiger partial charge in [-0.2, -0.15) is 5.26 Å². The van der Waals surface area contributed by atoms with Crippen molar-refractivity contribution < 1.29 is 4.74 Å². The van der Waals surface area contributed by atoms with Crippen molar-refractivity contribution in [3.8, 4) is 6.07 Å². The van der Waals surface area contributed by atoms with Crippen LogP contribution in [0.15, 0.2) is 0 Å². The van der Waals surface area contributed by atoms with E-state index >= 15 is 0 Å². The highest BCUT2D eigenvalue weighted by Crippen LogP contribution is 2.13. The zero-order valence-corrected chi connectivity index (χ0v) is 3.92. The van der Waals surface area contributed by atoms with Crippen LogP contribution < -0.4 is 0 Å². The van der Waals surface area contributed by atoms with E-state index in [2.05, 4.69) is 6.07 Å². The summed E-state index contributed by atoms with van der Waals surface area (Å²) in [6, 6.07) is 2.11. The van der Waals surface area contributed by atoms with Gasteiger partial charge in [0.25, 0.3) is 0 Å². The highest BCUT2D eigenvalue weighted by molar-refractivity contribution is 4.88. The molecule has 37 valence electrons. The molecule has 0 amide bonds. The van der Waals surface area contributed by atoms with Crippen LogP contribution in [0.25, 0.3) is 0 Å². The lowest BCUT2D eigenvalue weighted by molar-refractivity contribution is 0.244. The summed E-state index contributed by atoms with van der Waals surface area (Å²) in [5, 5.41) is 8.22. The number of nitriles is 1. The quantitative estimate of drug-likeness (QED) is 0.445. The smallest absolute Gasteiger partial charge is 0.0851 e. The van der Waals surface area contributed by atoms with Gasteiger partial charge in [0.1, 0.15) is 0 Å². The van der Waals surface area contributed by atoms with E-state index in [1.807, 2.05) is 0 Å². The Kier molecular flexibility index (Phi) is 1.28. The molecule has 1 fully saturated rings. The number of nitrogens with zero attached hydrogens (tertiary/aromatic N) is 1. The third-order valence-corrected chi connectivity index (χ3v) is 0.979. The lowest BCUT2D eigenvalue weighted by atomic mass is 10.2. The molecule has 2 nitrogen and oxygen atoms in total. The van der Waals surface area contributed by atoms with Crippen LogP contribution in [0.1, 0.15) is 6.42 Å². The zero-order valence-electron chi connectivity index (χ0n) is 3.92. The minimum absolute atomic E-state index is 0.125. The molecule has 0 aromatic heterocycles. The fraction of sp³-hybridized carbons (Fsp3) is 0.600. The minimum atomic E-state index is 0.125. The molecule has 1 saturated heterocycles. The van der Waals surface area contributed by atoms with Crippen LogP contribution in [0.2, 0.25) is 0 Å². The number of hydrogen-bond donors (Lipinski definition) is 0. The van der Waals surface area contributed by atoms with Crippen LogP contribution in [0.4, 0.5) is 0 Å². The van der Waals surface area contributed by atoms with Crippen molar-refractivity contribution in [3.05, 3.63) is 6.61 Å². The van der Waals surface area contributed by atoms with E-state index in [4.69, 9.17) is 10.00 Å². The van der Waals surface area contributed by atoms with E-state index in [9.17, 15) is 0 Å². The Morgan fingerprint density at radius 1 is 1.86 bits per heavy atom. The molecule has 0 aromatic rings. The highest BCUT2D eigenvalue weighted by atomic mass is 16.5. The summed E-state index contributed by atoms with van der Waals surface area (Å²) < 4.78 is 4.80. The highest BCUT2D eigenvalue weighted by Gasteiger charge is 2.13. The SMILES string of the molecule is N#CC1C[CH]OC1. The lowest BCUT2D eigenvalue weighted by Gasteiger charge is -1.85. The van der Waals surface area contributed by atoms with Gasteiger partial charge in [0.2, 0.25) is 0 Å². The van der Waals surface area contributed by atoms with Crippen LogP contribution in [0.5, 0.6) is 0 Å². The summed E-state index contributed by atoms with van der Waals surface area (Å²) >= 11 is 0. The van der Waals surface area contributed by atoms with E-state index in [1.165, 1.54) is 0 Å². The summed E-state index contributed by atoms with van der Waals surface area (Å²) in [5.41, 5.74) is 0. The maximum absolute atomic E-state index is 8.22. The van der Waals surface area contributed by atoms with Crippen LogP contribution in [0.3, 0.4) is 0 Å². The predicted octanol–water partition coefficient (Wildman–Crippen LogP) is 0.708. The Balaban J connectivity index is 2.31. The van der Waals surface area contributed by atoms with Gasteiger partial charge in [-0.15, -0.1) is 0 Å². The first-order chi connectivity index (χ1) is 3.43. The van der Waals surface area contributed by atoms with Crippen LogP contribution in [0, 0.1) is 23.9 Å². The molecule has 1 heterocycles. The van der Waals surface area contributed by atoms with Crippen molar-refractivity contribution in [2.75, 3.05) is 6.61 Å². The van der Waals surface area contributed by atoms with Crippen molar-refractivity contribution in [3.63, 3.8) is 0 Å². The van der Waals surface area contributed by atoms with E-state index in [-0.39, 0.29) is 5.92 Å². The zero-order chi connectivity index (χ0) is 5.11. The molecule has 7 heavy (non-hydrogen) atoms. The van der Waals surface area contributed by atoms with E-state index < -0.39 is 0 Å². The second-order valence-corrected chi connectivity index (χ2v) is 1.56. The minimum Gasteiger partial charge on any atom is -0.374 e. The van der Waals surface area contributed by atoms with Gasteiger partial charge in [-0.25, -0.2) is 0 Å². The van der Waals surface area contributed by atoms with Crippen molar-refractivity contribution >= 4 is 0 Å². The molecule has 2 heteroatoms. The summed E-state index contributed by atoms with van der Waals surface area (Å²) in [7, 11) is 0. The first-order valence-electron chi connectivity index (χ1n) is 2.26. The van der Waals surface area contributed by atoms with Crippen LogP contribution >= 0.6 is 0 Å². The molecule has 1 unspecified atom stereocenters. The summed E-state index contributed by atoms with van der Waals surface area (Å²) in [4.78, 5) is 0. The third-order valence-electron chi connectivity index (χ3n) is 0.979. The molecular formula is C5H6NO. The maximum atomic E-state index is 8.22. The fourth-order valence-corrected chi connectivity index (χ4v) is 0.526. The van der Waals surface area contributed by atoms with Crippen molar-refractivity contribution in [2.45, 2.75) is 6.42 Å². The Labute approximate surface area is 42.7 Å². The molecule has 0 spiro atoms. The van der Waals surface area contributed by atoms with Crippen molar-refractivity contribution in [2.24, 2.45) is 5.92 Å². The van der Waals surface area contributed by atoms with Gasteiger partial charge in [-0.1, -0.05) is 0 Å². The number of ether oxygens (including phenoxy) is 1. The number of rotatable bonds is 0. The standard InChI is InChI=1S/C5H6NO/c6-3-5-1-2-7-4-5/h2,5H,1,4H2. The average Bonchev–Trinajstić information content (AvgIpc) is 2.14. The second-order valence-electron chi connectivity index (χ2n) is 1.56. The summed E-state index contributed by atoms with van der Waals surface area (Å²) in [6.07, 6.45) is 0.802. The first-order valence-corrected chi connectivity index (χ1v) is 2.26. The van der Waals surface area contributed by atoms with Gasteiger partial charge in [-0.05, 0) is 6.42 Å². The maximum Gasteiger partial charge on any atom is 0.0851 e. The summed E-state index contributed by atoms with van der Waals surface area (Å²) in [5.74, 6) is 0.125. The second kappa shape index (κ2) is 1.94. The third kappa shape index (κ3) is 0.908. The van der Waals surface area contributed by atoms with Gasteiger partial charge in [-0.3, -0.25) is 0 Å². The fourth-order valence-electron chi connectivity index (χ4n) is 0.526. The van der Waals surface area contributed by atoms with Crippen LogP contribution in [-0.4, -0.2) is 6.61 Å². The molecule has 1 aliphatic heterocycles. The topological polar surface area (TPSA) is 33.0 Å². The molecule has 0 saturated carbocycles. The van der Waals surface area contributed by atoms with Gasteiger partial charge in [0, 0.05) is 0 Å². The molecule has 0 aromatic carbocycles. The molecule has 1 radical (unpaired) electrons. The van der Waals surface area contributed by atoms with Gasteiger partial charge < -0.3 is 4.74 Å². The van der Waals surface area contributed by atoms with Gasteiger partial charge >= 0.3 is 0 Å². The summed E-state index contributed by atoms with van der Waals surface area (Å²) in [6.45, 7) is 2.28. The molecule has 1 rings (SSSR count). The first kappa shape index (κ1) is 4.61. The van der Waals surface area contributed by atoms with E-state index in [0.717, 1.165) is 6.42 Å². The Morgan fingerprint density at radius 2 is 2.71 bits per heavy atom. The normalized spacial score (nSPS) is 29.9. The monoisotopic (exact) mass is 96.0 g/mol. The lowest BCUT2D eigenvalue weighted by Crippen LogP contribution is -1.91. The molecular weight excluding hydrogens is 90.1 g/mol. The van der Waals surface area contributed by atoms with Crippen molar-refractivity contribution in [1.82, 2.24) is 0 Å². The largest absolute Gasteiger partial charge is 0.374 e. The molecule has 1 atom stereocenters. The van der Waals surface area contributed by atoms with Crippen LogP contribution in [-0.2, 0) is 4.74 Å². The molecule has 0 bridgehead atoms. The molecule has 0 N–H and O–H groups in total. The Hall–Kier alpha value is -0.550. The molecule has 0 aliphatic carbocycles. The van der Waals surface area contributed by atoms with Crippen molar-refractivity contribution in [1.29, 1.82) is 5.26 Å². The average molecular weight is 96.1 g/mol. The van der Waals surface area contributed by atoms with E-state index in [0.29, 0.717) is 6.61 Å². The predicted molar refractivity (Wildman–Crippen MR) is 24.0 cm³/mol. The Bertz CT molecular complexity index is 88.7. The van der Waals surface area contributed by atoms with Gasteiger partial charge in [0.05, 0.1) is 25.2 Å². The Morgan fingerprint density at radius 3 is 3.00 bits per heavy atom. The number of hydrogen-bond acceptors (Lipinski definition) is 2. The molecule has 1 aliphatic rings. The van der Waals surface area contributed by atoms with Gasteiger partial charge in [0.15, 0.2) is 0 Å².